The third kappa shape index (κ3) is 4.33. The standard InChI is InChI=1S/C32H34N2O8/c1-4-5-18(35)12-15-6-8-16(9-7-15)19-10-11-22(36)24-20(19)13-17-14-21-26(34(2)3)28(38)25(31(33)41)30(40)32(21,42)29(39)23(17)27(24)37/h6-11,17,21,26,36-37,40,42H,4-5,12-14H2,1-3H3,(H2,33,41)/t17-,21-,26-,32-/m0/s1. The number of carbonyl (C=O) groups excluding carboxylic acids is 4. The number of Topliss-reactive ketones (excluding diaryl/α,β-unsaturated/α-hetero) is 3. The van der Waals surface area contributed by atoms with Gasteiger partial charge in [0.2, 0.25) is 5.78 Å². The van der Waals surface area contributed by atoms with E-state index in [9.17, 15) is 39.6 Å². The molecule has 0 radical (unpaired) electrons. The monoisotopic (exact) mass is 574 g/mol. The van der Waals surface area contributed by atoms with Crippen LogP contribution in [0.2, 0.25) is 0 Å². The van der Waals surface area contributed by atoms with E-state index < -0.39 is 58.0 Å². The number of carbonyl (C=O) groups is 4. The maximum absolute atomic E-state index is 14.0. The average molecular weight is 575 g/mol. The fourth-order valence-corrected chi connectivity index (χ4v) is 6.91. The summed E-state index contributed by atoms with van der Waals surface area (Å²) in [5.74, 6) is -6.70. The van der Waals surface area contributed by atoms with Gasteiger partial charge in [0.25, 0.3) is 5.91 Å². The Morgan fingerprint density at radius 3 is 2.31 bits per heavy atom. The third-order valence-corrected chi connectivity index (χ3v) is 8.80. The molecule has 5 rings (SSSR count). The van der Waals surface area contributed by atoms with Crippen molar-refractivity contribution in [3.63, 3.8) is 0 Å². The van der Waals surface area contributed by atoms with E-state index in [0.29, 0.717) is 24.0 Å². The van der Waals surface area contributed by atoms with Gasteiger partial charge in [-0.2, -0.15) is 0 Å². The number of aliphatic hydroxyl groups excluding tert-OH is 2. The number of hydrogen-bond acceptors (Lipinski definition) is 9. The molecular weight excluding hydrogens is 540 g/mol. The van der Waals surface area contributed by atoms with Crippen LogP contribution in [0.3, 0.4) is 0 Å². The van der Waals surface area contributed by atoms with Crippen molar-refractivity contribution < 1.29 is 39.6 Å². The summed E-state index contributed by atoms with van der Waals surface area (Å²) in [5, 5.41) is 44.9. The van der Waals surface area contributed by atoms with Gasteiger partial charge in [-0.1, -0.05) is 37.3 Å². The Morgan fingerprint density at radius 2 is 1.71 bits per heavy atom. The van der Waals surface area contributed by atoms with Gasteiger partial charge in [0.05, 0.1) is 11.6 Å². The summed E-state index contributed by atoms with van der Waals surface area (Å²) in [5.41, 5.74) is 4.61. The number of nitrogens with two attached hydrogens (primary N) is 1. The molecule has 10 heteroatoms. The molecule has 6 N–H and O–H groups in total. The molecule has 0 aromatic heterocycles. The normalized spacial score (nSPS) is 25.3. The van der Waals surface area contributed by atoms with E-state index in [1.807, 2.05) is 31.2 Å². The molecule has 2 aromatic carbocycles. The molecular formula is C32H34N2O8. The van der Waals surface area contributed by atoms with Crippen LogP contribution >= 0.6 is 0 Å². The van der Waals surface area contributed by atoms with E-state index in [2.05, 4.69) is 0 Å². The topological polar surface area (TPSA) is 178 Å². The number of rotatable bonds is 7. The summed E-state index contributed by atoms with van der Waals surface area (Å²) in [7, 11) is 3.12. The lowest BCUT2D eigenvalue weighted by molar-refractivity contribution is -0.153. The molecule has 0 bridgehead atoms. The van der Waals surface area contributed by atoms with Crippen LogP contribution in [0, 0.1) is 11.8 Å². The van der Waals surface area contributed by atoms with Gasteiger partial charge < -0.3 is 26.2 Å². The van der Waals surface area contributed by atoms with Crippen LogP contribution in [0.25, 0.3) is 16.9 Å². The third-order valence-electron chi connectivity index (χ3n) is 8.80. The summed E-state index contributed by atoms with van der Waals surface area (Å²) >= 11 is 0. The predicted molar refractivity (Wildman–Crippen MR) is 153 cm³/mol. The Hall–Kier alpha value is -4.28. The molecule has 1 amide bonds. The molecule has 42 heavy (non-hydrogen) atoms. The molecule has 1 fully saturated rings. The van der Waals surface area contributed by atoms with Crippen molar-refractivity contribution in [2.45, 2.75) is 50.7 Å². The second kappa shape index (κ2) is 10.5. The first-order valence-electron chi connectivity index (χ1n) is 13.9. The van der Waals surface area contributed by atoms with E-state index in [1.165, 1.54) is 11.0 Å². The van der Waals surface area contributed by atoms with Gasteiger partial charge in [0.1, 0.15) is 28.6 Å². The van der Waals surface area contributed by atoms with Crippen molar-refractivity contribution in [3.8, 4) is 16.9 Å². The summed E-state index contributed by atoms with van der Waals surface area (Å²) in [6, 6.07) is 9.41. The quantitative estimate of drug-likeness (QED) is 0.311. The van der Waals surface area contributed by atoms with Gasteiger partial charge in [-0.05, 0) is 67.6 Å². The molecule has 4 atom stereocenters. The molecule has 0 saturated heterocycles. The molecule has 220 valence electrons. The lowest BCUT2D eigenvalue weighted by Gasteiger charge is -2.50. The molecule has 2 aromatic rings. The first-order chi connectivity index (χ1) is 19.8. The Morgan fingerprint density at radius 1 is 1.05 bits per heavy atom. The first-order valence-corrected chi connectivity index (χ1v) is 13.9. The summed E-state index contributed by atoms with van der Waals surface area (Å²) in [4.78, 5) is 52.9. The van der Waals surface area contributed by atoms with E-state index in [4.69, 9.17) is 5.73 Å². The van der Waals surface area contributed by atoms with Crippen LogP contribution < -0.4 is 5.73 Å². The number of amides is 1. The van der Waals surface area contributed by atoms with Crippen LogP contribution in [0.1, 0.15) is 42.9 Å². The number of ketones is 3. The number of benzene rings is 2. The number of nitrogens with zero attached hydrogens (tertiary/aromatic N) is 1. The van der Waals surface area contributed by atoms with Crippen molar-refractivity contribution in [2.75, 3.05) is 14.1 Å². The number of likely N-dealkylation sites (N-methyl/N-ethyl adjacent to an activating group) is 1. The summed E-state index contributed by atoms with van der Waals surface area (Å²) < 4.78 is 0. The van der Waals surface area contributed by atoms with Crippen molar-refractivity contribution in [3.05, 3.63) is 70.0 Å². The maximum atomic E-state index is 14.0. The highest BCUT2D eigenvalue weighted by Gasteiger charge is 2.64. The summed E-state index contributed by atoms with van der Waals surface area (Å²) in [6.07, 6.45) is 1.82. The van der Waals surface area contributed by atoms with Gasteiger partial charge in [0, 0.05) is 24.3 Å². The van der Waals surface area contributed by atoms with Crippen molar-refractivity contribution >= 4 is 29.0 Å². The van der Waals surface area contributed by atoms with Gasteiger partial charge in [-0.15, -0.1) is 0 Å². The molecule has 0 heterocycles. The highest BCUT2D eigenvalue weighted by atomic mass is 16.3. The number of hydrogen-bond donors (Lipinski definition) is 5. The minimum absolute atomic E-state index is 0.0132. The molecule has 10 nitrogen and oxygen atoms in total. The van der Waals surface area contributed by atoms with Gasteiger partial charge in [-0.3, -0.25) is 24.1 Å². The predicted octanol–water partition coefficient (Wildman–Crippen LogP) is 2.54. The van der Waals surface area contributed by atoms with Crippen LogP contribution in [0.4, 0.5) is 0 Å². The lowest BCUT2D eigenvalue weighted by atomic mass is 9.57. The van der Waals surface area contributed by atoms with Crippen LogP contribution in [-0.2, 0) is 32.0 Å². The van der Waals surface area contributed by atoms with Crippen LogP contribution in [0.5, 0.6) is 5.75 Å². The lowest BCUT2D eigenvalue weighted by Crippen LogP contribution is -2.65. The van der Waals surface area contributed by atoms with E-state index in [0.717, 1.165) is 17.5 Å². The van der Waals surface area contributed by atoms with Gasteiger partial charge in [0.15, 0.2) is 11.4 Å². The number of aromatic hydroxyl groups is 1. The SMILES string of the molecule is CCCC(=O)Cc1ccc(-c2ccc(O)c3c2C[C@H]2C[C@H]4[C@H](N(C)C)C(=O)C(C(N)=O)=C(O)[C@@]4(O)C(=O)C2=C3O)cc1. The molecule has 3 aliphatic carbocycles. The van der Waals surface area contributed by atoms with Crippen molar-refractivity contribution in [1.29, 1.82) is 0 Å². The minimum atomic E-state index is -2.68. The van der Waals surface area contributed by atoms with Crippen LogP contribution in [0.15, 0.2) is 53.3 Å². The fourth-order valence-electron chi connectivity index (χ4n) is 6.91. The van der Waals surface area contributed by atoms with Crippen LogP contribution in [-0.4, -0.2) is 74.3 Å². The highest BCUT2D eigenvalue weighted by Crippen LogP contribution is 2.53. The zero-order valence-corrected chi connectivity index (χ0v) is 23.7. The Labute approximate surface area is 242 Å². The Bertz CT molecular complexity index is 1590. The Balaban J connectivity index is 1.63. The van der Waals surface area contributed by atoms with E-state index >= 15 is 0 Å². The number of primary amides is 1. The molecule has 0 unspecified atom stereocenters. The van der Waals surface area contributed by atoms with Crippen molar-refractivity contribution in [2.24, 2.45) is 17.6 Å². The molecule has 0 aliphatic heterocycles. The molecule has 3 aliphatic rings. The van der Waals surface area contributed by atoms with Gasteiger partial charge >= 0.3 is 0 Å². The molecule has 1 saturated carbocycles. The van der Waals surface area contributed by atoms with E-state index in [-0.39, 0.29) is 35.5 Å². The largest absolute Gasteiger partial charge is 0.508 e. The number of phenols is 1. The second-order valence-electron chi connectivity index (χ2n) is 11.6. The number of fused-ring (bicyclic) bond motifs is 3. The zero-order chi connectivity index (χ0) is 30.7. The zero-order valence-electron chi connectivity index (χ0n) is 23.7. The number of aliphatic hydroxyl groups is 3. The number of phenolic OH excluding ortho intramolecular Hbond substituents is 1. The summed E-state index contributed by atoms with van der Waals surface area (Å²) in [6.45, 7) is 1.95. The molecule has 0 spiro atoms. The van der Waals surface area contributed by atoms with Crippen molar-refractivity contribution in [1.82, 2.24) is 4.90 Å². The average Bonchev–Trinajstić information content (AvgIpc) is 2.91. The smallest absolute Gasteiger partial charge is 0.255 e. The minimum Gasteiger partial charge on any atom is -0.508 e. The second-order valence-corrected chi connectivity index (χ2v) is 11.6. The Kier molecular flexibility index (Phi) is 7.32. The highest BCUT2D eigenvalue weighted by molar-refractivity contribution is 6.24. The fraction of sp³-hybridized carbons (Fsp3) is 0.375. The maximum Gasteiger partial charge on any atom is 0.255 e. The van der Waals surface area contributed by atoms with Gasteiger partial charge in [-0.25, -0.2) is 0 Å². The first kappa shape index (κ1) is 29.2. The van der Waals surface area contributed by atoms with E-state index in [1.54, 1.807) is 20.2 Å².